The first-order chi connectivity index (χ1) is 14.6. The van der Waals surface area contributed by atoms with Crippen molar-refractivity contribution in [2.45, 2.75) is 101 Å². The fourth-order valence-electron chi connectivity index (χ4n) is 4.40. The second-order valence-electron chi connectivity index (χ2n) is 8.46. The largest absolute Gasteiger partial charge is 0.480 e. The molecule has 0 fully saturated rings. The minimum Gasteiger partial charge on any atom is -0.480 e. The van der Waals surface area contributed by atoms with Gasteiger partial charge in [-0.15, -0.1) is 0 Å². The second kappa shape index (κ2) is 12.3. The average Bonchev–Trinajstić information content (AvgIpc) is 2.66. The highest BCUT2D eigenvalue weighted by molar-refractivity contribution is 7.92. The number of hydrogen-bond acceptors (Lipinski definition) is 6. The van der Waals surface area contributed by atoms with Gasteiger partial charge in [-0.2, -0.15) is 16.8 Å². The Morgan fingerprint density at radius 2 is 0.969 bits per heavy atom. The third kappa shape index (κ3) is 6.21. The molecular formula is C20H38O10S2. The van der Waals surface area contributed by atoms with Crippen molar-refractivity contribution < 1.29 is 45.7 Å². The maximum absolute atomic E-state index is 12.6. The van der Waals surface area contributed by atoms with E-state index in [0.717, 1.165) is 0 Å². The standard InChI is InChI=1S/C20H38O10S2/c1-5-9-11-15(7-3)13-19(17(21)22,31(25,26)27)20(18(23)24,32(28,29)30)14-16(8-4)12-10-6-2/h15-16H,5-14H2,1-4H3,(H,21,22)(H,23,24)(H,25,26,27)(H,28,29,30). The Labute approximate surface area is 191 Å². The summed E-state index contributed by atoms with van der Waals surface area (Å²) in [6.45, 7) is 6.95. The fraction of sp³-hybridized carbons (Fsp3) is 0.900. The van der Waals surface area contributed by atoms with E-state index >= 15 is 0 Å². The summed E-state index contributed by atoms with van der Waals surface area (Å²) >= 11 is 0. The van der Waals surface area contributed by atoms with E-state index in [1.807, 2.05) is 13.8 Å². The summed E-state index contributed by atoms with van der Waals surface area (Å²) in [5, 5.41) is 20.1. The SMILES string of the molecule is CCCCC(CC)CC(C(=O)O)(C(CC(CC)CCCC)(C(=O)O)S(=O)(=O)O)S(=O)(=O)O. The third-order valence-electron chi connectivity index (χ3n) is 6.46. The van der Waals surface area contributed by atoms with Crippen molar-refractivity contribution in [2.24, 2.45) is 11.8 Å². The Morgan fingerprint density at radius 1 is 0.688 bits per heavy atom. The molecule has 0 aromatic heterocycles. The zero-order valence-corrected chi connectivity index (χ0v) is 20.9. The molecule has 4 N–H and O–H groups in total. The Morgan fingerprint density at radius 3 is 1.12 bits per heavy atom. The van der Waals surface area contributed by atoms with Crippen molar-refractivity contribution >= 4 is 32.2 Å². The number of carboxylic acid groups (broad SMARTS) is 2. The Bertz CT molecular complexity index is 766. The molecule has 32 heavy (non-hydrogen) atoms. The van der Waals surface area contributed by atoms with Crippen LogP contribution in [0.15, 0.2) is 0 Å². The maximum atomic E-state index is 12.6. The molecule has 0 aromatic rings. The van der Waals surface area contributed by atoms with Crippen molar-refractivity contribution in [3.8, 4) is 0 Å². The third-order valence-corrected chi connectivity index (χ3v) is 9.73. The molecular weight excluding hydrogens is 464 g/mol. The molecule has 0 saturated carbocycles. The Kier molecular flexibility index (Phi) is 11.8. The zero-order valence-electron chi connectivity index (χ0n) is 19.3. The van der Waals surface area contributed by atoms with Gasteiger partial charge in [0.1, 0.15) is 0 Å². The van der Waals surface area contributed by atoms with Crippen molar-refractivity contribution in [2.75, 3.05) is 0 Å². The molecule has 0 radical (unpaired) electrons. The lowest BCUT2D eigenvalue weighted by molar-refractivity contribution is -0.152. The van der Waals surface area contributed by atoms with Crippen molar-refractivity contribution in [1.29, 1.82) is 0 Å². The fourth-order valence-corrected chi connectivity index (χ4v) is 7.54. The number of carboxylic acids is 2. The van der Waals surface area contributed by atoms with Crippen molar-refractivity contribution in [1.82, 2.24) is 0 Å². The first-order valence-electron chi connectivity index (χ1n) is 11.0. The molecule has 0 aliphatic rings. The summed E-state index contributed by atoms with van der Waals surface area (Å²) in [5.41, 5.74) is 0. The normalized spacial score (nSPS) is 18.3. The van der Waals surface area contributed by atoms with Crippen LogP contribution in [0, 0.1) is 11.8 Å². The van der Waals surface area contributed by atoms with Gasteiger partial charge in [0, 0.05) is 0 Å². The van der Waals surface area contributed by atoms with Crippen LogP contribution < -0.4 is 0 Å². The highest BCUT2D eigenvalue weighted by Crippen LogP contribution is 2.48. The quantitative estimate of drug-likeness (QED) is 0.214. The van der Waals surface area contributed by atoms with Gasteiger partial charge >= 0.3 is 11.9 Å². The Balaban J connectivity index is 7.33. The van der Waals surface area contributed by atoms with Crippen LogP contribution in [-0.2, 0) is 29.8 Å². The van der Waals surface area contributed by atoms with Gasteiger partial charge in [0.05, 0.1) is 0 Å². The summed E-state index contributed by atoms with van der Waals surface area (Å²) in [4.78, 5) is 25.0. The summed E-state index contributed by atoms with van der Waals surface area (Å²) in [6.07, 6.45) is 1.58. The van der Waals surface area contributed by atoms with Gasteiger partial charge < -0.3 is 10.2 Å². The van der Waals surface area contributed by atoms with Crippen LogP contribution in [-0.4, -0.2) is 57.6 Å². The summed E-state index contributed by atoms with van der Waals surface area (Å²) in [7, 11) is -11.7. The lowest BCUT2D eigenvalue weighted by Gasteiger charge is -2.43. The summed E-state index contributed by atoms with van der Waals surface area (Å²) in [6, 6.07) is 0. The van der Waals surface area contributed by atoms with Crippen molar-refractivity contribution in [3.63, 3.8) is 0 Å². The van der Waals surface area contributed by atoms with Gasteiger partial charge in [0.15, 0.2) is 0 Å². The van der Waals surface area contributed by atoms with Gasteiger partial charge in [0.2, 0.25) is 9.49 Å². The van der Waals surface area contributed by atoms with Gasteiger partial charge in [-0.05, 0) is 24.7 Å². The minimum atomic E-state index is -5.84. The monoisotopic (exact) mass is 502 g/mol. The lowest BCUT2D eigenvalue weighted by Crippen LogP contribution is -2.71. The van der Waals surface area contributed by atoms with Crippen LogP contribution in [0.4, 0.5) is 0 Å². The average molecular weight is 503 g/mol. The van der Waals surface area contributed by atoms with E-state index in [9.17, 15) is 45.7 Å². The first-order valence-corrected chi connectivity index (χ1v) is 13.9. The van der Waals surface area contributed by atoms with Gasteiger partial charge in [0.25, 0.3) is 20.2 Å². The van der Waals surface area contributed by atoms with E-state index in [4.69, 9.17) is 0 Å². The van der Waals surface area contributed by atoms with Crippen LogP contribution in [0.3, 0.4) is 0 Å². The molecule has 0 aliphatic heterocycles. The summed E-state index contributed by atoms with van der Waals surface area (Å²) < 4.78 is 63.4. The number of aliphatic carboxylic acids is 2. The molecule has 0 aliphatic carbocycles. The van der Waals surface area contributed by atoms with Gasteiger partial charge in [-0.1, -0.05) is 79.1 Å². The number of rotatable bonds is 17. The zero-order chi connectivity index (χ0) is 25.4. The van der Waals surface area contributed by atoms with Gasteiger partial charge in [-0.25, -0.2) is 0 Å². The molecule has 0 heterocycles. The van der Waals surface area contributed by atoms with E-state index in [2.05, 4.69) is 0 Å². The highest BCUT2D eigenvalue weighted by Gasteiger charge is 2.76. The summed E-state index contributed by atoms with van der Waals surface area (Å²) in [5.74, 6) is -6.08. The first kappa shape index (κ1) is 30.8. The van der Waals surface area contributed by atoms with Crippen LogP contribution in [0.2, 0.25) is 0 Å². The number of unbranched alkanes of at least 4 members (excludes halogenated alkanes) is 2. The molecule has 10 nitrogen and oxygen atoms in total. The molecule has 0 amide bonds. The van der Waals surface area contributed by atoms with E-state index in [-0.39, 0.29) is 12.8 Å². The van der Waals surface area contributed by atoms with E-state index < -0.39 is 66.3 Å². The van der Waals surface area contributed by atoms with Gasteiger partial charge in [-0.3, -0.25) is 18.7 Å². The smallest absolute Gasteiger partial charge is 0.330 e. The molecule has 0 bridgehead atoms. The lowest BCUT2D eigenvalue weighted by atomic mass is 9.75. The molecule has 4 atom stereocenters. The molecule has 0 saturated heterocycles. The van der Waals surface area contributed by atoms with E-state index in [1.54, 1.807) is 13.8 Å². The molecule has 0 aromatic carbocycles. The van der Waals surface area contributed by atoms with Crippen LogP contribution in [0.1, 0.15) is 91.9 Å². The predicted octanol–water partition coefficient (Wildman–Crippen LogP) is 3.62. The van der Waals surface area contributed by atoms with E-state index in [0.29, 0.717) is 38.5 Å². The molecule has 12 heteroatoms. The number of carbonyl (C=O) groups is 2. The van der Waals surface area contributed by atoms with Crippen molar-refractivity contribution in [3.05, 3.63) is 0 Å². The van der Waals surface area contributed by atoms with Crippen LogP contribution in [0.5, 0.6) is 0 Å². The predicted molar refractivity (Wildman–Crippen MR) is 120 cm³/mol. The Hall–Kier alpha value is -1.24. The highest BCUT2D eigenvalue weighted by atomic mass is 32.2. The van der Waals surface area contributed by atoms with Crippen LogP contribution in [0.25, 0.3) is 0 Å². The molecule has 190 valence electrons. The second-order valence-corrected chi connectivity index (χ2v) is 11.7. The minimum absolute atomic E-state index is 0.221. The molecule has 0 rings (SSSR count). The number of hydrogen-bond donors (Lipinski definition) is 4. The molecule has 4 unspecified atom stereocenters. The maximum Gasteiger partial charge on any atom is 0.330 e. The van der Waals surface area contributed by atoms with Crippen LogP contribution >= 0.6 is 0 Å². The topological polar surface area (TPSA) is 183 Å². The van der Waals surface area contributed by atoms with E-state index in [1.165, 1.54) is 0 Å². The molecule has 0 spiro atoms.